The van der Waals surface area contributed by atoms with E-state index in [9.17, 15) is 0 Å². The fraction of sp³-hybridized carbons (Fsp3) is 0.375. The van der Waals surface area contributed by atoms with Crippen LogP contribution in [0, 0.1) is 11.8 Å². The second kappa shape index (κ2) is 5.85. The zero-order valence-corrected chi connectivity index (χ0v) is 12.4. The molecule has 19 heavy (non-hydrogen) atoms. The van der Waals surface area contributed by atoms with Crippen LogP contribution in [0.5, 0.6) is 0 Å². The van der Waals surface area contributed by atoms with Crippen molar-refractivity contribution in [3.05, 3.63) is 60.4 Å². The van der Waals surface area contributed by atoms with Gasteiger partial charge < -0.3 is 4.74 Å². The molecule has 0 fully saturated rings. The lowest BCUT2D eigenvalue weighted by Crippen LogP contribution is -2.49. The quantitative estimate of drug-likeness (QED) is 0.599. The Morgan fingerprint density at radius 2 is 2.37 bits per heavy atom. The number of allylic oxidation sites excluding steroid dienone is 6. The predicted octanol–water partition coefficient (Wildman–Crippen LogP) is 3.93. The van der Waals surface area contributed by atoms with Crippen molar-refractivity contribution in [3.8, 4) is 0 Å². The molecule has 0 aromatic carbocycles. The molecule has 0 saturated heterocycles. The van der Waals surface area contributed by atoms with E-state index in [-0.39, 0.29) is 11.8 Å². The van der Waals surface area contributed by atoms with Gasteiger partial charge in [0.15, 0.2) is 5.72 Å². The molecule has 3 unspecified atom stereocenters. The van der Waals surface area contributed by atoms with Crippen LogP contribution < -0.4 is 4.72 Å². The van der Waals surface area contributed by atoms with Gasteiger partial charge in [-0.3, -0.25) is 0 Å². The summed E-state index contributed by atoms with van der Waals surface area (Å²) in [6.45, 7) is 8.01. The van der Waals surface area contributed by atoms with Crippen LogP contribution >= 0.6 is 12.8 Å². The van der Waals surface area contributed by atoms with Gasteiger partial charge in [-0.25, -0.2) is 4.72 Å². The van der Waals surface area contributed by atoms with Crippen molar-refractivity contribution >= 4 is 12.8 Å². The Balaban J connectivity index is 2.34. The van der Waals surface area contributed by atoms with E-state index in [0.29, 0.717) is 0 Å². The van der Waals surface area contributed by atoms with Crippen LogP contribution in [0.3, 0.4) is 0 Å². The van der Waals surface area contributed by atoms with Crippen molar-refractivity contribution in [3.63, 3.8) is 0 Å². The molecule has 2 aliphatic rings. The second-order valence-corrected chi connectivity index (χ2v) is 5.38. The number of rotatable bonds is 4. The molecule has 0 radical (unpaired) electrons. The summed E-state index contributed by atoms with van der Waals surface area (Å²) in [6, 6.07) is 0. The Hall–Kier alpha value is -1.19. The van der Waals surface area contributed by atoms with E-state index in [1.54, 1.807) is 0 Å². The summed E-state index contributed by atoms with van der Waals surface area (Å²) >= 11 is 4.27. The summed E-state index contributed by atoms with van der Waals surface area (Å²) in [5.41, 5.74) is 0.617. The summed E-state index contributed by atoms with van der Waals surface area (Å²) in [4.78, 5) is 0. The van der Waals surface area contributed by atoms with E-state index in [1.165, 1.54) is 5.57 Å². The maximum atomic E-state index is 6.24. The van der Waals surface area contributed by atoms with Crippen molar-refractivity contribution in [1.82, 2.24) is 4.72 Å². The minimum Gasteiger partial charge on any atom is -0.471 e. The van der Waals surface area contributed by atoms with Gasteiger partial charge in [-0.2, -0.15) is 0 Å². The van der Waals surface area contributed by atoms with Gasteiger partial charge in [-0.1, -0.05) is 50.1 Å². The number of fused-ring (bicyclic) bond motifs is 1. The molecule has 2 rings (SSSR count). The van der Waals surface area contributed by atoms with Crippen LogP contribution in [0.25, 0.3) is 0 Å². The zero-order valence-electron chi connectivity index (χ0n) is 11.5. The normalized spacial score (nSPS) is 30.6. The molecule has 0 amide bonds. The van der Waals surface area contributed by atoms with Gasteiger partial charge in [-0.15, -0.1) is 6.58 Å². The molecular formula is C16H21NOS. The first-order valence-electron chi connectivity index (χ1n) is 6.58. The van der Waals surface area contributed by atoms with E-state index in [2.05, 4.69) is 74.4 Å². The van der Waals surface area contributed by atoms with Gasteiger partial charge in [0.2, 0.25) is 0 Å². The Kier molecular flexibility index (Phi) is 4.38. The summed E-state index contributed by atoms with van der Waals surface area (Å²) < 4.78 is 9.26. The zero-order chi connectivity index (χ0) is 13.9. The lowest BCUT2D eigenvalue weighted by Gasteiger charge is -2.40. The van der Waals surface area contributed by atoms with Crippen molar-refractivity contribution in [2.45, 2.75) is 26.0 Å². The number of hydrogen-bond acceptors (Lipinski definition) is 3. The molecule has 102 valence electrons. The van der Waals surface area contributed by atoms with E-state index < -0.39 is 5.72 Å². The first kappa shape index (κ1) is 14.2. The highest BCUT2D eigenvalue weighted by atomic mass is 32.1. The third-order valence-electron chi connectivity index (χ3n) is 3.64. The molecule has 0 bridgehead atoms. The number of ether oxygens (including phenoxy) is 1. The average molecular weight is 275 g/mol. The Bertz CT molecular complexity index is 475. The smallest absolute Gasteiger partial charge is 0.191 e. The molecule has 1 aliphatic carbocycles. The monoisotopic (exact) mass is 275 g/mol. The van der Waals surface area contributed by atoms with Gasteiger partial charge in [0.25, 0.3) is 0 Å². The molecule has 0 aromatic rings. The highest BCUT2D eigenvalue weighted by molar-refractivity contribution is 7.78. The highest BCUT2D eigenvalue weighted by Gasteiger charge is 2.38. The number of nitrogens with one attached hydrogen (secondary N) is 1. The summed E-state index contributed by atoms with van der Waals surface area (Å²) in [7, 11) is 0. The second-order valence-electron chi connectivity index (χ2n) is 5.16. The van der Waals surface area contributed by atoms with Crippen LogP contribution in [-0.4, -0.2) is 5.72 Å². The van der Waals surface area contributed by atoms with Crippen molar-refractivity contribution in [2.24, 2.45) is 11.8 Å². The van der Waals surface area contributed by atoms with E-state index >= 15 is 0 Å². The fourth-order valence-corrected chi connectivity index (χ4v) is 2.72. The first-order chi connectivity index (χ1) is 9.11. The van der Waals surface area contributed by atoms with E-state index in [0.717, 1.165) is 12.2 Å². The molecule has 1 N–H and O–H groups in total. The summed E-state index contributed by atoms with van der Waals surface area (Å²) in [6.07, 6.45) is 15.4. The van der Waals surface area contributed by atoms with Crippen molar-refractivity contribution in [1.29, 1.82) is 0 Å². The first-order valence-corrected chi connectivity index (χ1v) is 7.03. The minimum absolute atomic E-state index is 0.208. The third kappa shape index (κ3) is 2.88. The Morgan fingerprint density at radius 3 is 3.05 bits per heavy atom. The molecule has 0 aromatic heterocycles. The van der Waals surface area contributed by atoms with Crippen LogP contribution in [0.4, 0.5) is 0 Å². The lowest BCUT2D eigenvalue weighted by atomic mass is 9.89. The highest BCUT2D eigenvalue weighted by Crippen LogP contribution is 2.36. The Labute approximate surface area is 121 Å². The van der Waals surface area contributed by atoms with E-state index in [4.69, 9.17) is 4.74 Å². The lowest BCUT2D eigenvalue weighted by molar-refractivity contribution is -0.0215. The molecule has 0 spiro atoms. The Morgan fingerprint density at radius 1 is 1.58 bits per heavy atom. The van der Waals surface area contributed by atoms with Crippen LogP contribution in [0.2, 0.25) is 0 Å². The van der Waals surface area contributed by atoms with Crippen LogP contribution in [-0.2, 0) is 4.74 Å². The molecule has 2 nitrogen and oxygen atoms in total. The topological polar surface area (TPSA) is 21.3 Å². The molecule has 3 heteroatoms. The molecule has 1 aliphatic heterocycles. The third-order valence-corrected chi connectivity index (χ3v) is 3.99. The minimum atomic E-state index is -0.571. The van der Waals surface area contributed by atoms with Gasteiger partial charge in [0, 0.05) is 5.92 Å². The van der Waals surface area contributed by atoms with Gasteiger partial charge in [0.1, 0.15) is 5.76 Å². The van der Waals surface area contributed by atoms with Gasteiger partial charge >= 0.3 is 0 Å². The molecule has 1 heterocycles. The maximum absolute atomic E-state index is 6.24. The molecule has 0 saturated carbocycles. The molecular weight excluding hydrogens is 254 g/mol. The van der Waals surface area contributed by atoms with Crippen molar-refractivity contribution in [2.75, 3.05) is 0 Å². The standard InChI is InChI=1S/C16H21NOS/c1-4-6-13(3)16(17-19)10-9-14-8-5-7-12(2)11-15(14)18-16/h4-5,7-11,13-14,17,19H,1,6H2,2-3H3. The number of hydrogen-bond donors (Lipinski definition) is 2. The van der Waals surface area contributed by atoms with Gasteiger partial charge in [-0.05, 0) is 31.1 Å². The fourth-order valence-electron chi connectivity index (χ4n) is 2.38. The average Bonchev–Trinajstić information content (AvgIpc) is 2.58. The maximum Gasteiger partial charge on any atom is 0.191 e. The summed E-state index contributed by atoms with van der Waals surface area (Å²) in [5.74, 6) is 1.42. The molecule has 3 atom stereocenters. The largest absolute Gasteiger partial charge is 0.471 e. The van der Waals surface area contributed by atoms with Gasteiger partial charge in [0.05, 0.1) is 5.92 Å². The van der Waals surface area contributed by atoms with Crippen molar-refractivity contribution < 1.29 is 4.74 Å². The van der Waals surface area contributed by atoms with Crippen LogP contribution in [0.1, 0.15) is 20.3 Å². The SMILES string of the molecule is C=CCC(C)C1(NS)C=CC2C=CC=C(C)C=C2O1. The number of thiol groups is 1. The predicted molar refractivity (Wildman–Crippen MR) is 83.5 cm³/mol. The van der Waals surface area contributed by atoms with E-state index in [1.807, 2.05) is 6.08 Å². The summed E-state index contributed by atoms with van der Waals surface area (Å²) in [5, 5.41) is 0. The van der Waals surface area contributed by atoms with Crippen LogP contribution in [0.15, 0.2) is 60.4 Å².